The van der Waals surface area contributed by atoms with Crippen LogP contribution in [0.25, 0.3) is 0 Å². The number of nitro benzene ring substituents is 1. The van der Waals surface area contributed by atoms with Crippen LogP contribution in [-0.2, 0) is 0 Å². The number of carbonyl (C=O) groups is 1. The van der Waals surface area contributed by atoms with Gasteiger partial charge in [-0.15, -0.1) is 0 Å². The van der Waals surface area contributed by atoms with E-state index in [1.54, 1.807) is 11.8 Å². The summed E-state index contributed by atoms with van der Waals surface area (Å²) in [5.41, 5.74) is -1.10. The fourth-order valence-electron chi connectivity index (χ4n) is 2.51. The SMILES string of the molecule is CSC1CCCCN(C(=O)c2cc(F)c(F)cc2[N+](=O)[O-])C1. The molecule has 120 valence electrons. The van der Waals surface area contributed by atoms with Gasteiger partial charge in [-0.25, -0.2) is 8.78 Å². The summed E-state index contributed by atoms with van der Waals surface area (Å²) < 4.78 is 26.6. The summed E-state index contributed by atoms with van der Waals surface area (Å²) in [6, 6.07) is 1.08. The molecule has 1 aliphatic rings. The van der Waals surface area contributed by atoms with Crippen molar-refractivity contribution >= 4 is 23.4 Å². The number of nitro groups is 1. The highest BCUT2D eigenvalue weighted by Crippen LogP contribution is 2.26. The monoisotopic (exact) mass is 330 g/mol. The number of carbonyl (C=O) groups excluding carboxylic acids is 1. The fourth-order valence-corrected chi connectivity index (χ4v) is 3.24. The van der Waals surface area contributed by atoms with E-state index in [-0.39, 0.29) is 5.25 Å². The minimum absolute atomic E-state index is 0.246. The lowest BCUT2D eigenvalue weighted by molar-refractivity contribution is -0.385. The number of benzene rings is 1. The Morgan fingerprint density at radius 2 is 2.05 bits per heavy atom. The van der Waals surface area contributed by atoms with E-state index >= 15 is 0 Å². The van der Waals surface area contributed by atoms with Gasteiger partial charge >= 0.3 is 0 Å². The van der Waals surface area contributed by atoms with Gasteiger partial charge in [0.15, 0.2) is 11.6 Å². The Balaban J connectivity index is 2.35. The van der Waals surface area contributed by atoms with Gasteiger partial charge in [-0.3, -0.25) is 14.9 Å². The third-order valence-corrected chi connectivity index (χ3v) is 4.77. The lowest BCUT2D eigenvalue weighted by Gasteiger charge is -2.23. The predicted molar refractivity (Wildman–Crippen MR) is 80.1 cm³/mol. The Bertz CT molecular complexity index is 598. The maximum absolute atomic E-state index is 13.4. The molecule has 1 unspecified atom stereocenters. The second-order valence-corrected chi connectivity index (χ2v) is 6.28. The first-order valence-electron chi connectivity index (χ1n) is 6.89. The summed E-state index contributed by atoms with van der Waals surface area (Å²) in [6.45, 7) is 0.919. The van der Waals surface area contributed by atoms with E-state index in [2.05, 4.69) is 0 Å². The maximum Gasteiger partial charge on any atom is 0.285 e. The molecule has 1 atom stereocenters. The molecule has 1 amide bonds. The van der Waals surface area contributed by atoms with Gasteiger partial charge in [0.05, 0.1) is 11.0 Å². The largest absolute Gasteiger partial charge is 0.337 e. The summed E-state index contributed by atoms with van der Waals surface area (Å²) in [5, 5.41) is 11.2. The molecule has 0 spiro atoms. The fraction of sp³-hybridized carbons (Fsp3) is 0.500. The Morgan fingerprint density at radius 1 is 1.36 bits per heavy atom. The summed E-state index contributed by atoms with van der Waals surface area (Å²) in [6.07, 6.45) is 4.67. The molecule has 0 saturated carbocycles. The molecule has 0 aromatic heterocycles. The summed E-state index contributed by atoms with van der Waals surface area (Å²) in [7, 11) is 0. The van der Waals surface area contributed by atoms with E-state index in [0.717, 1.165) is 19.3 Å². The second-order valence-electron chi connectivity index (χ2n) is 5.15. The number of nitrogens with zero attached hydrogens (tertiary/aromatic N) is 2. The molecule has 22 heavy (non-hydrogen) atoms. The Morgan fingerprint density at radius 3 is 2.68 bits per heavy atom. The number of rotatable bonds is 3. The van der Waals surface area contributed by atoms with Gasteiger partial charge < -0.3 is 4.90 Å². The Kier molecular flexibility index (Phi) is 5.33. The predicted octanol–water partition coefficient (Wildman–Crippen LogP) is 3.23. The average Bonchev–Trinajstić information content (AvgIpc) is 2.74. The number of likely N-dealkylation sites (tertiary alicyclic amines) is 1. The molecule has 8 heteroatoms. The number of halogens is 2. The third kappa shape index (κ3) is 3.55. The van der Waals surface area contributed by atoms with Crippen LogP contribution in [0.1, 0.15) is 29.6 Å². The summed E-state index contributed by atoms with van der Waals surface area (Å²) in [4.78, 5) is 24.2. The molecule has 5 nitrogen and oxygen atoms in total. The van der Waals surface area contributed by atoms with Gasteiger partial charge in [-0.2, -0.15) is 11.8 Å². The number of thioether (sulfide) groups is 1. The van der Waals surface area contributed by atoms with Crippen molar-refractivity contribution in [3.63, 3.8) is 0 Å². The zero-order chi connectivity index (χ0) is 16.3. The van der Waals surface area contributed by atoms with Crippen LogP contribution in [0, 0.1) is 21.7 Å². The molecule has 1 aliphatic heterocycles. The standard InChI is InChI=1S/C14H16F2N2O3S/c1-22-9-4-2-3-5-17(8-9)14(19)10-6-11(15)12(16)7-13(10)18(20)21/h6-7,9H,2-5,8H2,1H3. The first-order valence-corrected chi connectivity index (χ1v) is 8.18. The number of hydrogen-bond donors (Lipinski definition) is 0. The third-order valence-electron chi connectivity index (χ3n) is 3.71. The zero-order valence-electron chi connectivity index (χ0n) is 12.1. The van der Waals surface area contributed by atoms with Crippen LogP contribution in [0.5, 0.6) is 0 Å². The minimum atomic E-state index is -1.33. The maximum atomic E-state index is 13.4. The van der Waals surface area contributed by atoms with Gasteiger partial charge in [0.25, 0.3) is 11.6 Å². The Labute approximate surface area is 130 Å². The van der Waals surface area contributed by atoms with Gasteiger partial charge in [0.2, 0.25) is 0 Å². The second kappa shape index (κ2) is 7.04. The molecule has 1 heterocycles. The molecule has 1 saturated heterocycles. The summed E-state index contributed by atoms with van der Waals surface area (Å²) >= 11 is 1.63. The van der Waals surface area contributed by atoms with Crippen LogP contribution in [-0.4, -0.2) is 40.3 Å². The number of hydrogen-bond acceptors (Lipinski definition) is 4. The normalized spacial score (nSPS) is 18.9. The molecular formula is C14H16F2N2O3S. The van der Waals surface area contributed by atoms with Gasteiger partial charge in [-0.05, 0) is 25.2 Å². The van der Waals surface area contributed by atoms with Crippen LogP contribution in [0.4, 0.5) is 14.5 Å². The van der Waals surface area contributed by atoms with Crippen molar-refractivity contribution in [3.8, 4) is 0 Å². The molecular weight excluding hydrogens is 314 g/mol. The first-order chi connectivity index (χ1) is 10.4. The van der Waals surface area contributed by atoms with Crippen LogP contribution < -0.4 is 0 Å². The zero-order valence-corrected chi connectivity index (χ0v) is 12.9. The van der Waals surface area contributed by atoms with Crippen molar-refractivity contribution in [2.75, 3.05) is 19.3 Å². The molecule has 0 radical (unpaired) electrons. The molecule has 0 N–H and O–H groups in total. The topological polar surface area (TPSA) is 63.5 Å². The van der Waals surface area contributed by atoms with Gasteiger partial charge in [0, 0.05) is 18.3 Å². The van der Waals surface area contributed by atoms with Crippen LogP contribution in [0.2, 0.25) is 0 Å². The molecule has 0 bridgehead atoms. The van der Waals surface area contributed by atoms with Crippen molar-refractivity contribution in [1.82, 2.24) is 4.90 Å². The lowest BCUT2D eigenvalue weighted by atomic mass is 10.1. The number of amides is 1. The van der Waals surface area contributed by atoms with Crippen LogP contribution >= 0.6 is 11.8 Å². The Hall–Kier alpha value is -1.70. The van der Waals surface area contributed by atoms with Gasteiger partial charge in [0.1, 0.15) is 5.56 Å². The highest BCUT2D eigenvalue weighted by Gasteiger charge is 2.29. The van der Waals surface area contributed by atoms with Gasteiger partial charge in [-0.1, -0.05) is 6.42 Å². The van der Waals surface area contributed by atoms with Crippen LogP contribution in [0.3, 0.4) is 0 Å². The minimum Gasteiger partial charge on any atom is -0.337 e. The molecule has 1 fully saturated rings. The van der Waals surface area contributed by atoms with E-state index in [4.69, 9.17) is 0 Å². The lowest BCUT2D eigenvalue weighted by Crippen LogP contribution is -2.36. The van der Waals surface area contributed by atoms with E-state index in [0.29, 0.717) is 25.2 Å². The molecule has 0 aliphatic carbocycles. The van der Waals surface area contributed by atoms with Crippen molar-refractivity contribution in [1.29, 1.82) is 0 Å². The van der Waals surface area contributed by atoms with Crippen molar-refractivity contribution < 1.29 is 18.5 Å². The smallest absolute Gasteiger partial charge is 0.285 e. The molecule has 2 rings (SSSR count). The van der Waals surface area contributed by atoms with Crippen molar-refractivity contribution in [2.45, 2.75) is 24.5 Å². The highest BCUT2D eigenvalue weighted by molar-refractivity contribution is 7.99. The highest BCUT2D eigenvalue weighted by atomic mass is 32.2. The molecule has 1 aromatic carbocycles. The van der Waals surface area contributed by atoms with E-state index < -0.39 is 33.7 Å². The summed E-state index contributed by atoms with van der Waals surface area (Å²) in [5.74, 6) is -3.21. The van der Waals surface area contributed by atoms with Crippen molar-refractivity contribution in [3.05, 3.63) is 39.4 Å². The van der Waals surface area contributed by atoms with E-state index in [9.17, 15) is 23.7 Å². The van der Waals surface area contributed by atoms with E-state index in [1.807, 2.05) is 6.26 Å². The van der Waals surface area contributed by atoms with Crippen molar-refractivity contribution in [2.24, 2.45) is 0 Å². The quantitative estimate of drug-likeness (QED) is 0.630. The first kappa shape index (κ1) is 16.7. The molecule has 1 aromatic rings. The van der Waals surface area contributed by atoms with E-state index in [1.165, 1.54) is 4.90 Å². The average molecular weight is 330 g/mol. The van der Waals surface area contributed by atoms with Crippen LogP contribution in [0.15, 0.2) is 12.1 Å².